The zero-order chi connectivity index (χ0) is 16.7. The summed E-state index contributed by atoms with van der Waals surface area (Å²) in [5, 5.41) is 2.65. The summed E-state index contributed by atoms with van der Waals surface area (Å²) in [6.07, 6.45) is 4.14. The number of rotatable bonds is 3. The molecule has 0 spiro atoms. The van der Waals surface area contributed by atoms with Crippen LogP contribution in [0.2, 0.25) is 0 Å². The molecule has 2 aliphatic rings. The van der Waals surface area contributed by atoms with Gasteiger partial charge in [-0.15, -0.1) is 0 Å². The van der Waals surface area contributed by atoms with E-state index in [9.17, 15) is 17.6 Å². The molecule has 0 radical (unpaired) electrons. The second-order valence-corrected chi connectivity index (χ2v) is 8.64. The Bertz CT molecular complexity index is 727. The van der Waals surface area contributed by atoms with Gasteiger partial charge in [-0.25, -0.2) is 12.8 Å². The monoisotopic (exact) mass is 340 g/mol. The van der Waals surface area contributed by atoms with Crippen LogP contribution in [0.1, 0.15) is 39.0 Å². The highest BCUT2D eigenvalue weighted by Gasteiger charge is 2.36. The predicted octanol–water partition coefficient (Wildman–Crippen LogP) is 2.88. The molecule has 1 aromatic rings. The molecule has 3 rings (SSSR count). The van der Waals surface area contributed by atoms with Gasteiger partial charge < -0.3 is 5.32 Å². The van der Waals surface area contributed by atoms with Gasteiger partial charge in [-0.3, -0.25) is 9.10 Å². The number of nitrogens with zero attached hydrogens (tertiary/aromatic N) is 1. The summed E-state index contributed by atoms with van der Waals surface area (Å²) in [4.78, 5) is 12.4. The summed E-state index contributed by atoms with van der Waals surface area (Å²) in [6.45, 7) is 2.28. The Hall–Kier alpha value is -1.63. The van der Waals surface area contributed by atoms with Crippen molar-refractivity contribution in [3.8, 4) is 0 Å². The second kappa shape index (κ2) is 5.78. The van der Waals surface area contributed by atoms with E-state index in [2.05, 4.69) is 5.32 Å². The lowest BCUT2D eigenvalue weighted by molar-refractivity contribution is -0.124. The first-order valence-corrected chi connectivity index (χ1v) is 9.54. The van der Waals surface area contributed by atoms with Gasteiger partial charge in [-0.2, -0.15) is 0 Å². The lowest BCUT2D eigenvalue weighted by atomic mass is 9.88. The van der Waals surface area contributed by atoms with E-state index in [0.717, 1.165) is 25.7 Å². The molecule has 2 fully saturated rings. The average Bonchev–Trinajstić information content (AvgIpc) is 3.08. The largest absolute Gasteiger partial charge is 0.323 e. The first-order chi connectivity index (χ1) is 10.8. The minimum atomic E-state index is -3.33. The molecule has 1 amide bonds. The molecule has 23 heavy (non-hydrogen) atoms. The molecule has 0 bridgehead atoms. The highest BCUT2D eigenvalue weighted by Crippen LogP contribution is 2.39. The van der Waals surface area contributed by atoms with Crippen LogP contribution >= 0.6 is 0 Å². The Morgan fingerprint density at radius 1 is 1.26 bits per heavy atom. The molecule has 0 aromatic heterocycles. The Labute approximate surface area is 135 Å². The van der Waals surface area contributed by atoms with Gasteiger partial charge in [0.25, 0.3) is 0 Å². The molecule has 1 aromatic carbocycles. The van der Waals surface area contributed by atoms with Crippen molar-refractivity contribution >= 4 is 27.3 Å². The van der Waals surface area contributed by atoms with Crippen molar-refractivity contribution < 1.29 is 17.6 Å². The van der Waals surface area contributed by atoms with Crippen LogP contribution in [0.3, 0.4) is 0 Å². The lowest BCUT2D eigenvalue weighted by Gasteiger charge is -2.23. The molecular weight excluding hydrogens is 319 g/mol. The van der Waals surface area contributed by atoms with Crippen LogP contribution in [-0.4, -0.2) is 26.6 Å². The number of halogens is 1. The maximum atomic E-state index is 14.0. The van der Waals surface area contributed by atoms with Gasteiger partial charge in [0.15, 0.2) is 0 Å². The van der Waals surface area contributed by atoms with E-state index in [4.69, 9.17) is 0 Å². The van der Waals surface area contributed by atoms with Crippen molar-refractivity contribution in [2.24, 2.45) is 5.41 Å². The first kappa shape index (κ1) is 16.2. The van der Waals surface area contributed by atoms with E-state index in [0.29, 0.717) is 18.7 Å². The number of benzene rings is 1. The minimum Gasteiger partial charge on any atom is -0.323 e. The normalized spacial score (nSPS) is 22.3. The number of amides is 1. The Balaban J connectivity index is 1.85. The van der Waals surface area contributed by atoms with E-state index in [-0.39, 0.29) is 17.3 Å². The molecule has 1 aliphatic heterocycles. The third-order valence-corrected chi connectivity index (χ3v) is 6.71. The van der Waals surface area contributed by atoms with E-state index < -0.39 is 21.3 Å². The van der Waals surface area contributed by atoms with Crippen LogP contribution < -0.4 is 9.62 Å². The van der Waals surface area contributed by atoms with Crippen LogP contribution in [0, 0.1) is 11.2 Å². The van der Waals surface area contributed by atoms with Gasteiger partial charge in [0.1, 0.15) is 5.82 Å². The number of carbonyl (C=O) groups is 1. The van der Waals surface area contributed by atoms with Gasteiger partial charge in [0, 0.05) is 12.0 Å². The van der Waals surface area contributed by atoms with Crippen LogP contribution in [0.5, 0.6) is 0 Å². The molecule has 1 saturated heterocycles. The van der Waals surface area contributed by atoms with Gasteiger partial charge >= 0.3 is 0 Å². The Kier molecular flexibility index (Phi) is 4.08. The van der Waals surface area contributed by atoms with Crippen molar-refractivity contribution in [3.63, 3.8) is 0 Å². The van der Waals surface area contributed by atoms with Gasteiger partial charge in [0.2, 0.25) is 15.9 Å². The van der Waals surface area contributed by atoms with E-state index in [1.54, 1.807) is 0 Å². The summed E-state index contributed by atoms with van der Waals surface area (Å²) >= 11 is 0. The fraction of sp³-hybridized carbons (Fsp3) is 0.562. The van der Waals surface area contributed by atoms with Crippen molar-refractivity contribution in [1.29, 1.82) is 0 Å². The van der Waals surface area contributed by atoms with Gasteiger partial charge in [-0.1, -0.05) is 19.8 Å². The summed E-state index contributed by atoms with van der Waals surface area (Å²) in [5.74, 6) is -0.653. The van der Waals surface area contributed by atoms with Crippen molar-refractivity contribution in [1.82, 2.24) is 0 Å². The lowest BCUT2D eigenvalue weighted by Crippen LogP contribution is -2.31. The smallest absolute Gasteiger partial charge is 0.235 e. The number of hydrogen-bond donors (Lipinski definition) is 1. The molecular formula is C16H21FN2O3S. The Morgan fingerprint density at radius 2 is 1.96 bits per heavy atom. The maximum absolute atomic E-state index is 14.0. The standard InChI is InChI=1S/C16H21FN2O3S/c1-16(7-2-3-8-16)15(20)18-14-11-12(5-6-13(14)17)19-9-4-10-23(19,21)22/h5-6,11H,2-4,7-10H2,1H3,(H,18,20). The fourth-order valence-electron chi connectivity index (χ4n) is 3.35. The molecule has 1 saturated carbocycles. The summed E-state index contributed by atoms with van der Waals surface area (Å²) < 4.78 is 39.3. The molecule has 1 heterocycles. The average molecular weight is 340 g/mol. The van der Waals surface area contributed by atoms with E-state index >= 15 is 0 Å². The van der Waals surface area contributed by atoms with Crippen molar-refractivity contribution in [3.05, 3.63) is 24.0 Å². The number of anilines is 2. The zero-order valence-corrected chi connectivity index (χ0v) is 14.0. The SMILES string of the molecule is CC1(C(=O)Nc2cc(N3CCCS3(=O)=O)ccc2F)CCCC1. The summed E-state index contributed by atoms with van der Waals surface area (Å²) in [7, 11) is -3.33. The summed E-state index contributed by atoms with van der Waals surface area (Å²) in [5.41, 5.74) is -0.0270. The fourth-order valence-corrected chi connectivity index (χ4v) is 4.91. The summed E-state index contributed by atoms with van der Waals surface area (Å²) in [6, 6.07) is 4.05. The third-order valence-electron chi connectivity index (χ3n) is 4.84. The second-order valence-electron chi connectivity index (χ2n) is 6.63. The quantitative estimate of drug-likeness (QED) is 0.920. The number of carbonyl (C=O) groups excluding carboxylic acids is 1. The highest BCUT2D eigenvalue weighted by molar-refractivity contribution is 7.93. The molecule has 0 atom stereocenters. The minimum absolute atomic E-state index is 0.0442. The third kappa shape index (κ3) is 3.06. The molecule has 7 heteroatoms. The highest BCUT2D eigenvalue weighted by atomic mass is 32.2. The topological polar surface area (TPSA) is 66.5 Å². The van der Waals surface area contributed by atoms with E-state index in [1.165, 1.54) is 22.5 Å². The van der Waals surface area contributed by atoms with Crippen LogP contribution in [0.4, 0.5) is 15.8 Å². The van der Waals surface area contributed by atoms with Crippen molar-refractivity contribution in [2.45, 2.75) is 39.0 Å². The zero-order valence-electron chi connectivity index (χ0n) is 13.1. The van der Waals surface area contributed by atoms with E-state index in [1.807, 2.05) is 6.92 Å². The molecule has 1 N–H and O–H groups in total. The first-order valence-electron chi connectivity index (χ1n) is 7.93. The number of nitrogens with one attached hydrogen (secondary N) is 1. The van der Waals surface area contributed by atoms with Gasteiger partial charge in [0.05, 0.1) is 17.1 Å². The predicted molar refractivity (Wildman–Crippen MR) is 87.4 cm³/mol. The molecule has 126 valence electrons. The molecule has 5 nitrogen and oxygen atoms in total. The molecule has 0 unspecified atom stereocenters. The van der Waals surface area contributed by atoms with Crippen molar-refractivity contribution in [2.75, 3.05) is 21.9 Å². The number of hydrogen-bond acceptors (Lipinski definition) is 3. The van der Waals surface area contributed by atoms with Crippen LogP contribution in [-0.2, 0) is 14.8 Å². The van der Waals surface area contributed by atoms with Gasteiger partial charge in [-0.05, 0) is 37.5 Å². The van der Waals surface area contributed by atoms with Crippen LogP contribution in [0.25, 0.3) is 0 Å². The molecule has 1 aliphatic carbocycles. The Morgan fingerprint density at radius 3 is 2.57 bits per heavy atom. The van der Waals surface area contributed by atoms with Crippen LogP contribution in [0.15, 0.2) is 18.2 Å². The number of sulfonamides is 1. The maximum Gasteiger partial charge on any atom is 0.235 e.